The summed E-state index contributed by atoms with van der Waals surface area (Å²) in [6, 6.07) is 13.0. The first-order chi connectivity index (χ1) is 18.4. The highest BCUT2D eigenvalue weighted by Gasteiger charge is 2.27. The molecule has 0 unspecified atom stereocenters. The lowest BCUT2D eigenvalue weighted by atomic mass is 9.95. The van der Waals surface area contributed by atoms with Crippen molar-refractivity contribution < 1.29 is 28.2 Å². The molecule has 1 heterocycles. The molecular weight excluding hydrogens is 507 g/mol. The number of benzene rings is 2. The van der Waals surface area contributed by atoms with Gasteiger partial charge in [-0.2, -0.15) is 5.26 Å². The molecule has 196 valence electrons. The quantitative estimate of drug-likeness (QED) is 0.203. The first-order valence-electron chi connectivity index (χ1n) is 12.2. The zero-order chi connectivity index (χ0) is 27.1. The predicted octanol–water partition coefficient (Wildman–Crippen LogP) is 6.08. The van der Waals surface area contributed by atoms with Gasteiger partial charge in [-0.3, -0.25) is 4.79 Å². The molecule has 1 aromatic heterocycles. The Balaban J connectivity index is 1.53. The molecule has 0 fully saturated rings. The van der Waals surface area contributed by atoms with Crippen LogP contribution in [-0.2, 0) is 29.0 Å². The highest BCUT2D eigenvalue weighted by atomic mass is 32.1. The van der Waals surface area contributed by atoms with Gasteiger partial charge in [0.05, 0.1) is 19.3 Å². The van der Waals surface area contributed by atoms with Crippen LogP contribution in [0.5, 0.6) is 11.5 Å². The van der Waals surface area contributed by atoms with Crippen molar-refractivity contribution in [1.29, 1.82) is 5.26 Å². The number of nitriles is 1. The van der Waals surface area contributed by atoms with E-state index in [2.05, 4.69) is 5.32 Å². The molecule has 0 atom stereocenters. The smallest absolute Gasteiger partial charge is 0.341 e. The lowest BCUT2D eigenvalue weighted by Crippen LogP contribution is -2.16. The highest BCUT2D eigenvalue weighted by Crippen LogP contribution is 2.39. The summed E-state index contributed by atoms with van der Waals surface area (Å²) in [4.78, 5) is 26.8. The third-order valence-corrected chi connectivity index (χ3v) is 7.26. The normalized spacial score (nSPS) is 12.7. The van der Waals surface area contributed by atoms with E-state index in [0.717, 1.165) is 41.7 Å². The minimum atomic E-state index is -0.618. The minimum Gasteiger partial charge on any atom is -0.493 e. The van der Waals surface area contributed by atoms with E-state index in [4.69, 9.17) is 14.2 Å². The number of ether oxygens (including phenoxy) is 3. The van der Waals surface area contributed by atoms with Crippen LogP contribution in [-0.4, -0.2) is 25.6 Å². The van der Waals surface area contributed by atoms with Crippen LogP contribution in [0, 0.1) is 17.1 Å². The number of fused-ring (bicyclic) bond motifs is 1. The highest BCUT2D eigenvalue weighted by molar-refractivity contribution is 7.17. The van der Waals surface area contributed by atoms with Crippen LogP contribution in [0.1, 0.15) is 51.7 Å². The molecule has 0 bridgehead atoms. The Kier molecular flexibility index (Phi) is 8.77. The molecule has 1 aliphatic carbocycles. The summed E-state index contributed by atoms with van der Waals surface area (Å²) in [5.41, 5.74) is 2.53. The third kappa shape index (κ3) is 6.21. The number of hydrogen-bond acceptors (Lipinski definition) is 7. The van der Waals surface area contributed by atoms with Gasteiger partial charge < -0.3 is 19.5 Å². The molecule has 1 aliphatic rings. The lowest BCUT2D eigenvalue weighted by Gasteiger charge is -2.12. The van der Waals surface area contributed by atoms with Crippen molar-refractivity contribution in [2.45, 2.75) is 39.2 Å². The summed E-state index contributed by atoms with van der Waals surface area (Å²) in [5, 5.41) is 12.9. The molecule has 0 saturated heterocycles. The van der Waals surface area contributed by atoms with Crippen molar-refractivity contribution in [1.82, 2.24) is 0 Å². The van der Waals surface area contributed by atoms with Crippen molar-refractivity contribution >= 4 is 34.3 Å². The zero-order valence-electron chi connectivity index (χ0n) is 21.1. The monoisotopic (exact) mass is 534 g/mol. The van der Waals surface area contributed by atoms with Crippen molar-refractivity contribution in [2.24, 2.45) is 0 Å². The number of nitrogens with one attached hydrogen (secondary N) is 1. The van der Waals surface area contributed by atoms with E-state index in [-0.39, 0.29) is 24.6 Å². The Bertz CT molecular complexity index is 1410. The molecule has 2 aromatic carbocycles. The number of halogens is 1. The molecule has 3 aromatic rings. The second-order valence-electron chi connectivity index (χ2n) is 8.58. The number of anilines is 1. The van der Waals surface area contributed by atoms with Crippen LogP contribution in [0.3, 0.4) is 0 Å². The van der Waals surface area contributed by atoms with Crippen molar-refractivity contribution in [3.63, 3.8) is 0 Å². The van der Waals surface area contributed by atoms with E-state index >= 15 is 0 Å². The number of amides is 1. The fourth-order valence-electron chi connectivity index (χ4n) is 4.19. The van der Waals surface area contributed by atoms with E-state index in [1.54, 1.807) is 37.3 Å². The summed E-state index contributed by atoms with van der Waals surface area (Å²) < 4.78 is 29.6. The lowest BCUT2D eigenvalue weighted by molar-refractivity contribution is -0.112. The van der Waals surface area contributed by atoms with E-state index in [1.807, 2.05) is 6.07 Å². The van der Waals surface area contributed by atoms with Gasteiger partial charge in [0.15, 0.2) is 11.5 Å². The van der Waals surface area contributed by atoms with E-state index in [1.165, 1.54) is 36.7 Å². The number of hydrogen-bond donors (Lipinski definition) is 1. The van der Waals surface area contributed by atoms with Crippen molar-refractivity contribution in [3.8, 4) is 17.6 Å². The summed E-state index contributed by atoms with van der Waals surface area (Å²) in [7, 11) is 1.49. The van der Waals surface area contributed by atoms with Crippen molar-refractivity contribution in [2.75, 3.05) is 19.0 Å². The molecule has 1 N–H and O–H groups in total. The SMILES string of the molecule is CCOC(=O)c1c(NC(=O)C(C#N)=Cc2ccc(OCc3ccc(F)cc3)c(OC)c2)sc2c1CCCC2. The third-order valence-electron chi connectivity index (χ3n) is 6.05. The number of carbonyl (C=O) groups is 2. The summed E-state index contributed by atoms with van der Waals surface area (Å²) in [6.45, 7) is 2.18. The van der Waals surface area contributed by atoms with Gasteiger partial charge in [-0.05, 0) is 79.6 Å². The number of aryl methyl sites for hydroxylation is 1. The molecule has 7 nitrogen and oxygen atoms in total. The Morgan fingerprint density at radius 3 is 2.61 bits per heavy atom. The minimum absolute atomic E-state index is 0.131. The van der Waals surface area contributed by atoms with Crippen LogP contribution in [0.2, 0.25) is 0 Å². The average Bonchev–Trinajstić information content (AvgIpc) is 3.29. The van der Waals surface area contributed by atoms with Crippen LogP contribution in [0.25, 0.3) is 6.08 Å². The molecular formula is C29H27FN2O5S. The van der Waals surface area contributed by atoms with Gasteiger partial charge in [-0.1, -0.05) is 18.2 Å². The number of nitrogens with zero attached hydrogens (tertiary/aromatic N) is 1. The summed E-state index contributed by atoms with van der Waals surface area (Å²) >= 11 is 1.36. The number of thiophene rings is 1. The zero-order valence-corrected chi connectivity index (χ0v) is 22.0. The fraction of sp³-hybridized carbons (Fsp3) is 0.276. The molecule has 38 heavy (non-hydrogen) atoms. The number of carbonyl (C=O) groups excluding carboxylic acids is 2. The average molecular weight is 535 g/mol. The molecule has 4 rings (SSSR count). The molecule has 1 amide bonds. The van der Waals surface area contributed by atoms with Gasteiger partial charge in [0.1, 0.15) is 29.1 Å². The Morgan fingerprint density at radius 1 is 1.13 bits per heavy atom. The van der Waals surface area contributed by atoms with Crippen LogP contribution >= 0.6 is 11.3 Å². The van der Waals surface area contributed by atoms with E-state index < -0.39 is 11.9 Å². The van der Waals surface area contributed by atoms with Crippen LogP contribution < -0.4 is 14.8 Å². The van der Waals surface area contributed by atoms with Gasteiger partial charge in [-0.25, -0.2) is 9.18 Å². The largest absolute Gasteiger partial charge is 0.493 e. The molecule has 0 saturated carbocycles. The molecule has 0 radical (unpaired) electrons. The van der Waals surface area contributed by atoms with Gasteiger partial charge >= 0.3 is 5.97 Å². The van der Waals surface area contributed by atoms with Gasteiger partial charge in [0.2, 0.25) is 0 Å². The van der Waals surface area contributed by atoms with Gasteiger partial charge in [0.25, 0.3) is 5.91 Å². The van der Waals surface area contributed by atoms with Crippen LogP contribution in [0.4, 0.5) is 9.39 Å². The summed E-state index contributed by atoms with van der Waals surface area (Å²) in [6.07, 6.45) is 5.04. The first-order valence-corrected chi connectivity index (χ1v) is 13.0. The maximum Gasteiger partial charge on any atom is 0.341 e. The Labute approximate surface area is 224 Å². The predicted molar refractivity (Wildman–Crippen MR) is 143 cm³/mol. The maximum atomic E-state index is 13.1. The standard InChI is InChI=1S/C29H27FN2O5S/c1-3-36-29(34)26-22-6-4-5-7-25(22)38-28(26)32-27(33)20(16-31)14-19-10-13-23(24(15-19)35-2)37-17-18-8-11-21(30)12-9-18/h8-15H,3-7,17H2,1-2H3,(H,32,33). The number of esters is 1. The number of rotatable bonds is 9. The topological polar surface area (TPSA) is 97.7 Å². The summed E-state index contributed by atoms with van der Waals surface area (Å²) in [5.74, 6) is -0.539. The van der Waals surface area contributed by atoms with E-state index in [0.29, 0.717) is 27.6 Å². The second-order valence-corrected chi connectivity index (χ2v) is 9.69. The van der Waals surface area contributed by atoms with Crippen molar-refractivity contribution in [3.05, 3.63) is 81.0 Å². The molecule has 9 heteroatoms. The molecule has 0 spiro atoms. The van der Waals surface area contributed by atoms with E-state index in [9.17, 15) is 19.2 Å². The second kappa shape index (κ2) is 12.4. The van der Waals surface area contributed by atoms with Crippen LogP contribution in [0.15, 0.2) is 48.0 Å². The Morgan fingerprint density at radius 2 is 1.89 bits per heavy atom. The van der Waals surface area contributed by atoms with Gasteiger partial charge in [0, 0.05) is 4.88 Å². The maximum absolute atomic E-state index is 13.1. The molecule has 0 aliphatic heterocycles. The van der Waals surface area contributed by atoms with Gasteiger partial charge in [-0.15, -0.1) is 11.3 Å². The number of methoxy groups -OCH3 is 1. The Hall–Kier alpha value is -4.16. The fourth-order valence-corrected chi connectivity index (χ4v) is 5.47. The first kappa shape index (κ1) is 26.9.